The fraction of sp³-hybridized carbons (Fsp3) is 0.267. The molecule has 20 heavy (non-hydrogen) atoms. The van der Waals surface area contributed by atoms with E-state index in [1.807, 2.05) is 36.4 Å². The quantitative estimate of drug-likeness (QED) is 0.891. The molecule has 0 bridgehead atoms. The minimum Gasteiger partial charge on any atom is -0.477 e. The van der Waals surface area contributed by atoms with Gasteiger partial charge >= 0.3 is 0 Å². The summed E-state index contributed by atoms with van der Waals surface area (Å²) in [6.45, 7) is 1.01. The van der Waals surface area contributed by atoms with Gasteiger partial charge in [-0.1, -0.05) is 12.1 Å². The van der Waals surface area contributed by atoms with Gasteiger partial charge in [0.1, 0.15) is 11.5 Å². The Labute approximate surface area is 116 Å². The molecule has 1 aromatic heterocycles. The van der Waals surface area contributed by atoms with Gasteiger partial charge in [0, 0.05) is 13.0 Å². The second-order valence-electron chi connectivity index (χ2n) is 4.60. The summed E-state index contributed by atoms with van der Waals surface area (Å²) in [5.41, 5.74) is 0.923. The van der Waals surface area contributed by atoms with Gasteiger partial charge in [0.2, 0.25) is 0 Å². The van der Waals surface area contributed by atoms with E-state index in [1.54, 1.807) is 6.26 Å². The Morgan fingerprint density at radius 1 is 1.30 bits per heavy atom. The van der Waals surface area contributed by atoms with Crippen LogP contribution >= 0.6 is 0 Å². The lowest BCUT2D eigenvalue weighted by atomic mass is 10.2. The first kappa shape index (κ1) is 12.6. The number of hydrogen-bond donors (Lipinski definition) is 2. The molecule has 104 valence electrons. The molecule has 0 saturated heterocycles. The van der Waals surface area contributed by atoms with E-state index in [0.29, 0.717) is 25.3 Å². The summed E-state index contributed by atoms with van der Waals surface area (Å²) in [6, 6.07) is 11.3. The molecule has 0 fully saturated rings. The first-order chi connectivity index (χ1) is 9.83. The molecule has 5 nitrogen and oxygen atoms in total. The molecule has 1 amide bonds. The number of para-hydroxylation sites is 2. The molecule has 0 spiro atoms. The second-order valence-corrected chi connectivity index (χ2v) is 4.60. The van der Waals surface area contributed by atoms with Crippen molar-refractivity contribution in [2.24, 2.45) is 0 Å². The lowest BCUT2D eigenvalue weighted by molar-refractivity contribution is -0.127. The van der Waals surface area contributed by atoms with Crippen molar-refractivity contribution in [2.45, 2.75) is 12.5 Å². The molecule has 2 aromatic rings. The molecule has 5 heteroatoms. The van der Waals surface area contributed by atoms with Gasteiger partial charge in [0.15, 0.2) is 6.10 Å². The van der Waals surface area contributed by atoms with Crippen LogP contribution in [0.15, 0.2) is 47.1 Å². The topological polar surface area (TPSA) is 63.5 Å². The van der Waals surface area contributed by atoms with E-state index >= 15 is 0 Å². The fourth-order valence-electron chi connectivity index (χ4n) is 2.14. The van der Waals surface area contributed by atoms with Gasteiger partial charge in [-0.25, -0.2) is 0 Å². The molecule has 3 rings (SSSR count). The summed E-state index contributed by atoms with van der Waals surface area (Å²) in [4.78, 5) is 12.0. The Balaban J connectivity index is 1.51. The standard InChI is InChI=1S/C15H16N2O3/c18-15(16-8-7-11-4-3-9-19-11)14-10-17-12-5-1-2-6-13(12)20-14/h1-6,9,14,17H,7-8,10H2,(H,16,18). The summed E-state index contributed by atoms with van der Waals surface area (Å²) in [6.07, 6.45) is 1.80. The van der Waals surface area contributed by atoms with Crippen LogP contribution in [-0.2, 0) is 11.2 Å². The fourth-order valence-corrected chi connectivity index (χ4v) is 2.14. The Hall–Kier alpha value is -2.43. The monoisotopic (exact) mass is 272 g/mol. The Morgan fingerprint density at radius 3 is 3.05 bits per heavy atom. The summed E-state index contributed by atoms with van der Waals surface area (Å²) < 4.78 is 10.9. The molecule has 1 aliphatic rings. The minimum atomic E-state index is -0.499. The summed E-state index contributed by atoms with van der Waals surface area (Å²) in [5, 5.41) is 6.05. The van der Waals surface area contributed by atoms with Gasteiger partial charge in [-0.15, -0.1) is 0 Å². The van der Waals surface area contributed by atoms with Crippen molar-refractivity contribution >= 4 is 11.6 Å². The Morgan fingerprint density at radius 2 is 2.20 bits per heavy atom. The van der Waals surface area contributed by atoms with E-state index in [9.17, 15) is 4.79 Å². The van der Waals surface area contributed by atoms with Gasteiger partial charge in [-0.2, -0.15) is 0 Å². The van der Waals surface area contributed by atoms with Gasteiger partial charge in [-0.3, -0.25) is 4.79 Å². The molecule has 0 radical (unpaired) electrons. The third-order valence-corrected chi connectivity index (χ3v) is 3.18. The lowest BCUT2D eigenvalue weighted by Crippen LogP contribution is -2.45. The minimum absolute atomic E-state index is 0.112. The molecular weight excluding hydrogens is 256 g/mol. The van der Waals surface area contributed by atoms with Crippen LogP contribution in [0.2, 0.25) is 0 Å². The van der Waals surface area contributed by atoms with E-state index in [2.05, 4.69) is 10.6 Å². The van der Waals surface area contributed by atoms with Gasteiger partial charge < -0.3 is 19.8 Å². The third-order valence-electron chi connectivity index (χ3n) is 3.18. The molecule has 0 aliphatic carbocycles. The summed E-state index contributed by atoms with van der Waals surface area (Å²) >= 11 is 0. The smallest absolute Gasteiger partial charge is 0.262 e. The van der Waals surface area contributed by atoms with E-state index in [0.717, 1.165) is 11.4 Å². The molecular formula is C15H16N2O3. The SMILES string of the molecule is O=C(NCCc1ccco1)C1CNc2ccccc2O1. The van der Waals surface area contributed by atoms with Crippen molar-refractivity contribution in [3.05, 3.63) is 48.4 Å². The van der Waals surface area contributed by atoms with Crippen molar-refractivity contribution in [1.29, 1.82) is 0 Å². The normalized spacial score (nSPS) is 16.7. The molecule has 1 aromatic carbocycles. The van der Waals surface area contributed by atoms with Crippen LogP contribution in [0, 0.1) is 0 Å². The van der Waals surface area contributed by atoms with Crippen LogP contribution in [-0.4, -0.2) is 25.1 Å². The van der Waals surface area contributed by atoms with Gasteiger partial charge in [0.25, 0.3) is 5.91 Å². The zero-order valence-corrected chi connectivity index (χ0v) is 11.0. The highest BCUT2D eigenvalue weighted by molar-refractivity contribution is 5.83. The number of ether oxygens (including phenoxy) is 1. The molecule has 1 atom stereocenters. The van der Waals surface area contributed by atoms with Gasteiger partial charge in [-0.05, 0) is 24.3 Å². The van der Waals surface area contributed by atoms with Crippen molar-refractivity contribution in [3.63, 3.8) is 0 Å². The Kier molecular flexibility index (Phi) is 3.58. The second kappa shape index (κ2) is 5.69. The predicted molar refractivity (Wildman–Crippen MR) is 74.8 cm³/mol. The molecule has 2 heterocycles. The van der Waals surface area contributed by atoms with Crippen LogP contribution in [0.3, 0.4) is 0 Å². The molecule has 2 N–H and O–H groups in total. The molecule has 1 unspecified atom stereocenters. The number of rotatable bonds is 4. The average Bonchev–Trinajstić information content (AvgIpc) is 3.00. The highest BCUT2D eigenvalue weighted by atomic mass is 16.5. The maximum absolute atomic E-state index is 12.0. The van der Waals surface area contributed by atoms with Crippen LogP contribution in [0.5, 0.6) is 5.75 Å². The van der Waals surface area contributed by atoms with Crippen LogP contribution in [0.4, 0.5) is 5.69 Å². The van der Waals surface area contributed by atoms with E-state index in [1.165, 1.54) is 0 Å². The molecule has 1 aliphatic heterocycles. The van der Waals surface area contributed by atoms with Crippen LogP contribution < -0.4 is 15.4 Å². The van der Waals surface area contributed by atoms with Crippen molar-refractivity contribution in [1.82, 2.24) is 5.32 Å². The number of furan rings is 1. The zero-order chi connectivity index (χ0) is 13.8. The first-order valence-electron chi connectivity index (χ1n) is 6.62. The van der Waals surface area contributed by atoms with Crippen molar-refractivity contribution < 1.29 is 13.9 Å². The van der Waals surface area contributed by atoms with Crippen molar-refractivity contribution in [2.75, 3.05) is 18.4 Å². The van der Waals surface area contributed by atoms with Crippen LogP contribution in [0.25, 0.3) is 0 Å². The largest absolute Gasteiger partial charge is 0.477 e. The lowest BCUT2D eigenvalue weighted by Gasteiger charge is -2.26. The summed E-state index contributed by atoms with van der Waals surface area (Å²) in [7, 11) is 0. The maximum atomic E-state index is 12.0. The average molecular weight is 272 g/mol. The van der Waals surface area contributed by atoms with E-state index < -0.39 is 6.10 Å². The van der Waals surface area contributed by atoms with Crippen molar-refractivity contribution in [3.8, 4) is 5.75 Å². The highest BCUT2D eigenvalue weighted by Gasteiger charge is 2.25. The summed E-state index contributed by atoms with van der Waals surface area (Å²) in [5.74, 6) is 1.46. The number of fused-ring (bicyclic) bond motifs is 1. The first-order valence-corrected chi connectivity index (χ1v) is 6.62. The Bertz CT molecular complexity index is 581. The number of amides is 1. The molecule has 0 saturated carbocycles. The third kappa shape index (κ3) is 2.77. The number of carbonyl (C=O) groups is 1. The maximum Gasteiger partial charge on any atom is 0.262 e. The van der Waals surface area contributed by atoms with E-state index in [4.69, 9.17) is 9.15 Å². The van der Waals surface area contributed by atoms with Crippen LogP contribution in [0.1, 0.15) is 5.76 Å². The van der Waals surface area contributed by atoms with E-state index in [-0.39, 0.29) is 5.91 Å². The number of anilines is 1. The zero-order valence-electron chi connectivity index (χ0n) is 11.0. The number of benzene rings is 1. The number of carbonyl (C=O) groups excluding carboxylic acids is 1. The number of hydrogen-bond acceptors (Lipinski definition) is 4. The van der Waals surface area contributed by atoms with Gasteiger partial charge in [0.05, 0.1) is 18.5 Å². The predicted octanol–water partition coefficient (Wildman–Crippen LogP) is 1.81. The highest BCUT2D eigenvalue weighted by Crippen LogP contribution is 2.28. The number of nitrogens with one attached hydrogen (secondary N) is 2.